The van der Waals surface area contributed by atoms with Crippen LogP contribution in [-0.2, 0) is 16.1 Å². The van der Waals surface area contributed by atoms with Crippen LogP contribution in [-0.4, -0.2) is 17.1 Å². The van der Waals surface area contributed by atoms with E-state index in [9.17, 15) is 4.79 Å². The summed E-state index contributed by atoms with van der Waals surface area (Å²) in [4.78, 5) is 11.0. The maximum atomic E-state index is 11.0. The molecule has 0 unspecified atom stereocenters. The highest BCUT2D eigenvalue weighted by molar-refractivity contribution is 5.69. The third kappa shape index (κ3) is 3.05. The molecule has 4 nitrogen and oxygen atoms in total. The van der Waals surface area contributed by atoms with E-state index >= 15 is 0 Å². The lowest BCUT2D eigenvalue weighted by Gasteiger charge is -2.05. The first kappa shape index (κ1) is 10.5. The molecule has 0 bridgehead atoms. The summed E-state index contributed by atoms with van der Waals surface area (Å²) in [5.41, 5.74) is 0.400. The first-order chi connectivity index (χ1) is 6.74. The second-order valence-corrected chi connectivity index (χ2v) is 2.83. The van der Waals surface area contributed by atoms with Gasteiger partial charge in [0.05, 0.1) is 13.0 Å². The molecule has 14 heavy (non-hydrogen) atoms. The van der Waals surface area contributed by atoms with Gasteiger partial charge >= 0.3 is 5.97 Å². The van der Waals surface area contributed by atoms with Crippen molar-refractivity contribution in [3.8, 4) is 0 Å². The molecular formula is C10H14N2O2. The normalized spacial score (nSPS) is 9.79. The predicted molar refractivity (Wildman–Crippen MR) is 51.5 cm³/mol. The average Bonchev–Trinajstić information content (AvgIpc) is 2.17. The molecule has 0 spiro atoms. The fourth-order valence-electron chi connectivity index (χ4n) is 1.12. The Balaban J connectivity index is 2.50. The lowest BCUT2D eigenvalue weighted by Crippen LogP contribution is -2.20. The van der Waals surface area contributed by atoms with E-state index in [1.54, 1.807) is 29.8 Å². The summed E-state index contributed by atoms with van der Waals surface area (Å²) in [5, 5.41) is 7.53. The molecule has 0 aromatic carbocycles. The molecule has 0 radical (unpaired) electrons. The van der Waals surface area contributed by atoms with Crippen LogP contribution in [0, 0.1) is 5.41 Å². The molecular weight excluding hydrogens is 180 g/mol. The van der Waals surface area contributed by atoms with Gasteiger partial charge in [0.15, 0.2) is 0 Å². The Morgan fingerprint density at radius 3 is 3.00 bits per heavy atom. The number of rotatable bonds is 4. The lowest BCUT2D eigenvalue weighted by molar-refractivity contribution is -0.143. The van der Waals surface area contributed by atoms with Crippen molar-refractivity contribution in [2.24, 2.45) is 0 Å². The second-order valence-electron chi connectivity index (χ2n) is 2.83. The fourth-order valence-corrected chi connectivity index (χ4v) is 1.12. The third-order valence-electron chi connectivity index (χ3n) is 1.80. The van der Waals surface area contributed by atoms with Crippen LogP contribution in [0.15, 0.2) is 24.4 Å². The zero-order valence-electron chi connectivity index (χ0n) is 8.19. The van der Waals surface area contributed by atoms with E-state index in [1.807, 2.05) is 6.07 Å². The Labute approximate surface area is 82.6 Å². The van der Waals surface area contributed by atoms with Gasteiger partial charge in [-0.2, -0.15) is 0 Å². The van der Waals surface area contributed by atoms with Crippen molar-refractivity contribution in [2.75, 3.05) is 6.61 Å². The molecule has 0 aliphatic heterocycles. The van der Waals surface area contributed by atoms with Crippen LogP contribution in [0.5, 0.6) is 0 Å². The van der Waals surface area contributed by atoms with Crippen LogP contribution >= 0.6 is 0 Å². The van der Waals surface area contributed by atoms with Crippen LogP contribution in [0.2, 0.25) is 0 Å². The fraction of sp³-hybridized carbons (Fsp3) is 0.400. The van der Waals surface area contributed by atoms with E-state index in [1.165, 1.54) is 0 Å². The highest BCUT2D eigenvalue weighted by Crippen LogP contribution is 1.90. The molecule has 0 aliphatic rings. The molecule has 1 heterocycles. The molecule has 1 N–H and O–H groups in total. The quantitative estimate of drug-likeness (QED) is 0.724. The second kappa shape index (κ2) is 5.21. The van der Waals surface area contributed by atoms with Crippen LogP contribution in [0.4, 0.5) is 0 Å². The van der Waals surface area contributed by atoms with Crippen molar-refractivity contribution < 1.29 is 9.53 Å². The van der Waals surface area contributed by atoms with Crippen molar-refractivity contribution in [1.29, 1.82) is 5.41 Å². The van der Waals surface area contributed by atoms with Crippen molar-refractivity contribution in [2.45, 2.75) is 19.9 Å². The summed E-state index contributed by atoms with van der Waals surface area (Å²) < 4.78 is 6.50. The maximum Gasteiger partial charge on any atom is 0.307 e. The van der Waals surface area contributed by atoms with E-state index < -0.39 is 0 Å². The number of pyridine rings is 1. The van der Waals surface area contributed by atoms with E-state index in [-0.39, 0.29) is 5.97 Å². The summed E-state index contributed by atoms with van der Waals surface area (Å²) in [7, 11) is 0. The Kier molecular flexibility index (Phi) is 3.91. The summed E-state index contributed by atoms with van der Waals surface area (Å²) in [6.07, 6.45) is 2.09. The minimum absolute atomic E-state index is 0.219. The van der Waals surface area contributed by atoms with Gasteiger partial charge in [-0.05, 0) is 19.1 Å². The van der Waals surface area contributed by atoms with E-state index in [0.717, 1.165) is 0 Å². The summed E-state index contributed by atoms with van der Waals surface area (Å²) in [6, 6.07) is 5.32. The largest absolute Gasteiger partial charge is 0.466 e. The van der Waals surface area contributed by atoms with Gasteiger partial charge in [-0.15, -0.1) is 0 Å². The molecule has 76 valence electrons. The zero-order chi connectivity index (χ0) is 10.4. The van der Waals surface area contributed by atoms with Gasteiger partial charge in [0, 0.05) is 12.7 Å². The molecule has 0 fully saturated rings. The highest BCUT2D eigenvalue weighted by Gasteiger charge is 2.01. The van der Waals surface area contributed by atoms with Gasteiger partial charge in [-0.3, -0.25) is 10.2 Å². The highest BCUT2D eigenvalue weighted by atomic mass is 16.5. The number of hydrogen-bond donors (Lipinski definition) is 1. The van der Waals surface area contributed by atoms with Crippen LogP contribution < -0.4 is 5.49 Å². The predicted octanol–water partition coefficient (Wildman–Crippen LogP) is 0.921. The van der Waals surface area contributed by atoms with E-state index in [0.29, 0.717) is 25.1 Å². The molecule has 1 aromatic rings. The van der Waals surface area contributed by atoms with Crippen LogP contribution in [0.25, 0.3) is 0 Å². The molecule has 0 amide bonds. The molecule has 4 heteroatoms. The smallest absolute Gasteiger partial charge is 0.307 e. The Bertz CT molecular complexity index is 357. The summed E-state index contributed by atoms with van der Waals surface area (Å²) in [5.74, 6) is -0.219. The number of nitrogens with one attached hydrogen (secondary N) is 1. The first-order valence-electron chi connectivity index (χ1n) is 4.59. The Hall–Kier alpha value is -1.58. The molecule has 1 aromatic heterocycles. The summed E-state index contributed by atoms with van der Waals surface area (Å²) >= 11 is 0. The summed E-state index contributed by atoms with van der Waals surface area (Å²) in [6.45, 7) is 2.69. The first-order valence-corrected chi connectivity index (χ1v) is 4.59. The molecule has 0 saturated carbocycles. The minimum atomic E-state index is -0.219. The third-order valence-corrected chi connectivity index (χ3v) is 1.80. The van der Waals surface area contributed by atoms with Crippen LogP contribution in [0.3, 0.4) is 0 Å². The lowest BCUT2D eigenvalue weighted by atomic mass is 10.4. The maximum absolute atomic E-state index is 11.0. The van der Waals surface area contributed by atoms with E-state index in [2.05, 4.69) is 0 Å². The van der Waals surface area contributed by atoms with Crippen LogP contribution in [0.1, 0.15) is 13.3 Å². The van der Waals surface area contributed by atoms with Gasteiger partial charge in [0.25, 0.3) is 0 Å². The van der Waals surface area contributed by atoms with Crippen molar-refractivity contribution >= 4 is 5.97 Å². The van der Waals surface area contributed by atoms with Gasteiger partial charge in [-0.25, -0.2) is 0 Å². The number of esters is 1. The SMILES string of the molecule is CCOC(=O)CCn1ccccc1=N. The molecule has 0 aliphatic carbocycles. The minimum Gasteiger partial charge on any atom is -0.466 e. The number of carbonyl (C=O) groups is 1. The molecule has 1 rings (SSSR count). The van der Waals surface area contributed by atoms with Gasteiger partial charge < -0.3 is 9.30 Å². The number of hydrogen-bond acceptors (Lipinski definition) is 3. The number of nitrogens with zero attached hydrogens (tertiary/aromatic N) is 1. The standard InChI is InChI=1S/C10H14N2O2/c1-2-14-10(13)6-8-12-7-4-3-5-9(12)11/h3-5,7,11H,2,6,8H2,1H3. The molecule has 0 saturated heterocycles. The average molecular weight is 194 g/mol. The number of ether oxygens (including phenoxy) is 1. The number of carbonyl (C=O) groups excluding carboxylic acids is 1. The number of aromatic nitrogens is 1. The van der Waals surface area contributed by atoms with Gasteiger partial charge in [-0.1, -0.05) is 6.07 Å². The van der Waals surface area contributed by atoms with Crippen molar-refractivity contribution in [3.63, 3.8) is 0 Å². The van der Waals surface area contributed by atoms with Crippen molar-refractivity contribution in [1.82, 2.24) is 4.57 Å². The Morgan fingerprint density at radius 1 is 1.57 bits per heavy atom. The van der Waals surface area contributed by atoms with Crippen molar-refractivity contribution in [3.05, 3.63) is 29.9 Å². The van der Waals surface area contributed by atoms with Gasteiger partial charge in [0.1, 0.15) is 5.49 Å². The Morgan fingerprint density at radius 2 is 2.36 bits per heavy atom. The topological polar surface area (TPSA) is 55.1 Å². The van der Waals surface area contributed by atoms with Gasteiger partial charge in [0.2, 0.25) is 0 Å². The monoisotopic (exact) mass is 194 g/mol. The number of aryl methyl sites for hydroxylation is 1. The molecule has 0 atom stereocenters. The zero-order valence-corrected chi connectivity index (χ0v) is 8.19. The van der Waals surface area contributed by atoms with E-state index in [4.69, 9.17) is 10.1 Å².